The average Bonchev–Trinajstić information content (AvgIpc) is 2.60. The highest BCUT2D eigenvalue weighted by atomic mass is 16.2. The minimum absolute atomic E-state index is 0.0141. The molecule has 2 N–H and O–H groups in total. The summed E-state index contributed by atoms with van der Waals surface area (Å²) < 4.78 is 0. The summed E-state index contributed by atoms with van der Waals surface area (Å²) in [6.45, 7) is 14.1. The van der Waals surface area contributed by atoms with Gasteiger partial charge in [-0.3, -0.25) is 14.5 Å². The van der Waals surface area contributed by atoms with Crippen LogP contribution in [-0.2, 0) is 15.0 Å². The van der Waals surface area contributed by atoms with Crippen LogP contribution in [0, 0.1) is 0 Å². The van der Waals surface area contributed by atoms with Crippen molar-refractivity contribution in [1.29, 1.82) is 0 Å². The first-order valence-corrected chi connectivity index (χ1v) is 9.79. The Kier molecular flexibility index (Phi) is 7.39. The lowest BCUT2D eigenvalue weighted by Crippen LogP contribution is -2.52. The molecular weight excluding hydrogens is 340 g/mol. The van der Waals surface area contributed by atoms with E-state index in [0.29, 0.717) is 32.2 Å². The van der Waals surface area contributed by atoms with E-state index < -0.39 is 0 Å². The summed E-state index contributed by atoms with van der Waals surface area (Å²) in [5.41, 5.74) is 2.17. The first kappa shape index (κ1) is 21.4. The molecule has 1 aliphatic heterocycles. The molecule has 0 radical (unpaired) electrons. The maximum absolute atomic E-state index is 12.3. The second kappa shape index (κ2) is 9.33. The Bertz CT molecular complexity index is 627. The van der Waals surface area contributed by atoms with Crippen LogP contribution >= 0.6 is 0 Å². The number of hydrogen-bond donors (Lipinski definition) is 2. The SMILES string of the molecule is CC(C)NCC(=O)N1CCN(CC(=O)Nc2ccc(C(C)(C)C)cc2)CC1. The number of nitrogens with one attached hydrogen (secondary N) is 2. The van der Waals surface area contributed by atoms with Gasteiger partial charge in [-0.25, -0.2) is 0 Å². The molecule has 0 bridgehead atoms. The molecule has 0 aromatic heterocycles. The van der Waals surface area contributed by atoms with Crippen LogP contribution in [0.4, 0.5) is 5.69 Å². The number of benzene rings is 1. The Morgan fingerprint density at radius 3 is 2.15 bits per heavy atom. The van der Waals surface area contributed by atoms with Crippen molar-refractivity contribution in [3.63, 3.8) is 0 Å². The summed E-state index contributed by atoms with van der Waals surface area (Å²) in [4.78, 5) is 28.4. The van der Waals surface area contributed by atoms with Gasteiger partial charge in [0.15, 0.2) is 0 Å². The van der Waals surface area contributed by atoms with E-state index in [1.807, 2.05) is 30.9 Å². The van der Waals surface area contributed by atoms with Crippen LogP contribution in [0.1, 0.15) is 40.2 Å². The third kappa shape index (κ3) is 6.96. The van der Waals surface area contributed by atoms with Crippen LogP contribution in [0.25, 0.3) is 0 Å². The molecule has 1 fully saturated rings. The van der Waals surface area contributed by atoms with Gasteiger partial charge in [0, 0.05) is 37.9 Å². The molecule has 0 spiro atoms. The zero-order chi connectivity index (χ0) is 20.0. The monoisotopic (exact) mass is 374 g/mol. The van der Waals surface area contributed by atoms with Crippen molar-refractivity contribution in [2.24, 2.45) is 0 Å². The van der Waals surface area contributed by atoms with Gasteiger partial charge in [-0.15, -0.1) is 0 Å². The molecule has 150 valence electrons. The molecule has 1 heterocycles. The van der Waals surface area contributed by atoms with Crippen molar-refractivity contribution in [2.45, 2.75) is 46.1 Å². The van der Waals surface area contributed by atoms with E-state index in [2.05, 4.69) is 48.4 Å². The van der Waals surface area contributed by atoms with E-state index in [9.17, 15) is 9.59 Å². The van der Waals surface area contributed by atoms with Crippen molar-refractivity contribution >= 4 is 17.5 Å². The summed E-state index contributed by atoms with van der Waals surface area (Å²) in [5.74, 6) is 0.117. The predicted molar refractivity (Wildman–Crippen MR) is 110 cm³/mol. The zero-order valence-electron chi connectivity index (χ0n) is 17.3. The van der Waals surface area contributed by atoms with Gasteiger partial charge in [-0.05, 0) is 23.1 Å². The fourth-order valence-corrected chi connectivity index (χ4v) is 3.02. The second-order valence-electron chi connectivity index (χ2n) is 8.57. The van der Waals surface area contributed by atoms with Crippen molar-refractivity contribution < 1.29 is 9.59 Å². The summed E-state index contributed by atoms with van der Waals surface area (Å²) in [6.07, 6.45) is 0. The number of carbonyl (C=O) groups excluding carboxylic acids is 2. The molecule has 2 amide bonds. The summed E-state index contributed by atoms with van der Waals surface area (Å²) in [5, 5.41) is 6.12. The molecule has 1 aliphatic rings. The number of carbonyl (C=O) groups is 2. The molecule has 1 aromatic carbocycles. The quantitative estimate of drug-likeness (QED) is 0.800. The largest absolute Gasteiger partial charge is 0.339 e. The lowest BCUT2D eigenvalue weighted by Gasteiger charge is -2.34. The fourth-order valence-electron chi connectivity index (χ4n) is 3.02. The number of hydrogen-bond acceptors (Lipinski definition) is 4. The summed E-state index contributed by atoms with van der Waals surface area (Å²) >= 11 is 0. The number of piperazine rings is 1. The molecule has 0 atom stereocenters. The topological polar surface area (TPSA) is 64.7 Å². The molecule has 0 saturated carbocycles. The first-order chi connectivity index (χ1) is 12.6. The van der Waals surface area contributed by atoms with Crippen molar-refractivity contribution in [3.8, 4) is 0 Å². The lowest BCUT2D eigenvalue weighted by molar-refractivity contribution is -0.132. The minimum Gasteiger partial charge on any atom is -0.339 e. The molecule has 6 nitrogen and oxygen atoms in total. The van der Waals surface area contributed by atoms with Crippen LogP contribution in [0.2, 0.25) is 0 Å². The van der Waals surface area contributed by atoms with E-state index >= 15 is 0 Å². The number of rotatable bonds is 6. The normalized spacial score (nSPS) is 15.9. The predicted octanol–water partition coefficient (Wildman–Crippen LogP) is 2.06. The number of nitrogens with zero attached hydrogens (tertiary/aromatic N) is 2. The highest BCUT2D eigenvalue weighted by Crippen LogP contribution is 2.23. The second-order valence-corrected chi connectivity index (χ2v) is 8.57. The van der Waals surface area contributed by atoms with E-state index in [4.69, 9.17) is 0 Å². The molecule has 27 heavy (non-hydrogen) atoms. The number of amides is 2. The van der Waals surface area contributed by atoms with Gasteiger partial charge in [-0.2, -0.15) is 0 Å². The third-order valence-electron chi connectivity index (χ3n) is 4.79. The van der Waals surface area contributed by atoms with E-state index in [1.54, 1.807) is 0 Å². The van der Waals surface area contributed by atoms with Gasteiger partial charge in [0.2, 0.25) is 11.8 Å². The first-order valence-electron chi connectivity index (χ1n) is 9.79. The van der Waals surface area contributed by atoms with E-state index in [-0.39, 0.29) is 17.2 Å². The Morgan fingerprint density at radius 2 is 1.63 bits per heavy atom. The standard InChI is InChI=1S/C21H34N4O2/c1-16(2)22-14-20(27)25-12-10-24(11-13-25)15-19(26)23-18-8-6-17(7-9-18)21(3,4)5/h6-9,16,22H,10-15H2,1-5H3,(H,23,26). The van der Waals surface area contributed by atoms with Crippen molar-refractivity contribution in [3.05, 3.63) is 29.8 Å². The van der Waals surface area contributed by atoms with Gasteiger partial charge >= 0.3 is 0 Å². The average molecular weight is 375 g/mol. The van der Waals surface area contributed by atoms with Crippen LogP contribution in [0.5, 0.6) is 0 Å². The molecule has 6 heteroatoms. The highest BCUT2D eigenvalue weighted by Gasteiger charge is 2.22. The van der Waals surface area contributed by atoms with Gasteiger partial charge in [0.05, 0.1) is 13.1 Å². The van der Waals surface area contributed by atoms with Gasteiger partial charge in [0.25, 0.3) is 0 Å². The Morgan fingerprint density at radius 1 is 1.04 bits per heavy atom. The van der Waals surface area contributed by atoms with E-state index in [0.717, 1.165) is 18.8 Å². The van der Waals surface area contributed by atoms with Gasteiger partial charge in [-0.1, -0.05) is 46.8 Å². The van der Waals surface area contributed by atoms with Crippen LogP contribution < -0.4 is 10.6 Å². The van der Waals surface area contributed by atoms with Crippen LogP contribution in [0.3, 0.4) is 0 Å². The molecule has 1 saturated heterocycles. The minimum atomic E-state index is -0.0141. The Balaban J connectivity index is 1.75. The molecular formula is C21H34N4O2. The zero-order valence-corrected chi connectivity index (χ0v) is 17.3. The maximum atomic E-state index is 12.3. The molecule has 0 aliphatic carbocycles. The Hall–Kier alpha value is -1.92. The van der Waals surface area contributed by atoms with Crippen LogP contribution in [-0.4, -0.2) is 66.9 Å². The molecule has 2 rings (SSSR count). The molecule has 1 aromatic rings. The van der Waals surface area contributed by atoms with Crippen molar-refractivity contribution in [1.82, 2.24) is 15.1 Å². The molecule has 0 unspecified atom stereocenters. The number of anilines is 1. The smallest absolute Gasteiger partial charge is 0.238 e. The Labute approximate surface area is 163 Å². The summed E-state index contributed by atoms with van der Waals surface area (Å²) in [7, 11) is 0. The van der Waals surface area contributed by atoms with Gasteiger partial charge < -0.3 is 15.5 Å². The van der Waals surface area contributed by atoms with Gasteiger partial charge in [0.1, 0.15) is 0 Å². The third-order valence-corrected chi connectivity index (χ3v) is 4.79. The van der Waals surface area contributed by atoms with Crippen LogP contribution in [0.15, 0.2) is 24.3 Å². The maximum Gasteiger partial charge on any atom is 0.238 e. The van der Waals surface area contributed by atoms with Crippen molar-refractivity contribution in [2.75, 3.05) is 44.6 Å². The fraction of sp³-hybridized carbons (Fsp3) is 0.619. The van der Waals surface area contributed by atoms with E-state index in [1.165, 1.54) is 5.56 Å². The highest BCUT2D eigenvalue weighted by molar-refractivity contribution is 5.92. The lowest BCUT2D eigenvalue weighted by atomic mass is 9.87. The summed E-state index contributed by atoms with van der Waals surface area (Å²) in [6, 6.07) is 8.33.